The Morgan fingerprint density at radius 2 is 2.04 bits per heavy atom. The van der Waals surface area contributed by atoms with E-state index in [-0.39, 0.29) is 17.6 Å². The number of phenols is 1. The van der Waals surface area contributed by atoms with Gasteiger partial charge >= 0.3 is 0 Å². The smallest absolute Gasteiger partial charge is 0.226 e. The molecule has 6 nitrogen and oxygen atoms in total. The molecule has 1 amide bonds. The summed E-state index contributed by atoms with van der Waals surface area (Å²) in [4.78, 5) is 16.5. The van der Waals surface area contributed by atoms with Crippen LogP contribution in [0, 0.1) is 0 Å². The molecule has 2 N–H and O–H groups in total. The van der Waals surface area contributed by atoms with Crippen molar-refractivity contribution in [1.29, 1.82) is 0 Å². The number of ether oxygens (including phenoxy) is 1. The standard InChI is InChI=1S/C19H17N3O3/c1-25-15-4-2-3-13(9-15)22-11-20-19-18(22)16(10-17(24)21-19)12-5-7-14(23)8-6-12/h2-9,11,16,23H,10H2,1H3,(H,21,24)/t16-/m1/s1. The number of carbonyl (C=O) groups excluding carboxylic acids is 1. The molecule has 3 aromatic rings. The molecule has 1 atom stereocenters. The fraction of sp³-hybridized carbons (Fsp3) is 0.158. The number of methoxy groups -OCH3 is 1. The van der Waals surface area contributed by atoms with Crippen molar-refractivity contribution in [2.75, 3.05) is 12.4 Å². The van der Waals surface area contributed by atoms with Gasteiger partial charge in [-0.25, -0.2) is 4.98 Å². The second kappa shape index (κ2) is 5.98. The van der Waals surface area contributed by atoms with Crippen LogP contribution < -0.4 is 10.1 Å². The molecule has 0 saturated carbocycles. The van der Waals surface area contributed by atoms with E-state index in [1.807, 2.05) is 41.0 Å². The number of benzene rings is 2. The molecule has 0 saturated heterocycles. The van der Waals surface area contributed by atoms with Crippen molar-refractivity contribution in [3.05, 3.63) is 66.1 Å². The molecule has 25 heavy (non-hydrogen) atoms. The van der Waals surface area contributed by atoms with Gasteiger partial charge in [0.15, 0.2) is 5.82 Å². The van der Waals surface area contributed by atoms with Crippen molar-refractivity contribution in [3.8, 4) is 17.2 Å². The SMILES string of the molecule is COc1cccc(-n2cnc3c2[C@@H](c2ccc(O)cc2)CC(=O)N3)c1. The van der Waals surface area contributed by atoms with Crippen LogP contribution >= 0.6 is 0 Å². The van der Waals surface area contributed by atoms with E-state index in [0.29, 0.717) is 12.2 Å². The number of fused-ring (bicyclic) bond motifs is 1. The van der Waals surface area contributed by atoms with E-state index in [1.165, 1.54) is 0 Å². The van der Waals surface area contributed by atoms with E-state index < -0.39 is 0 Å². The zero-order valence-electron chi connectivity index (χ0n) is 13.6. The molecule has 2 heterocycles. The Hall–Kier alpha value is -3.28. The Kier molecular flexibility index (Phi) is 3.65. The van der Waals surface area contributed by atoms with E-state index in [9.17, 15) is 9.90 Å². The Morgan fingerprint density at radius 3 is 2.80 bits per heavy atom. The highest BCUT2D eigenvalue weighted by Gasteiger charge is 2.31. The van der Waals surface area contributed by atoms with Gasteiger partial charge in [-0.1, -0.05) is 18.2 Å². The van der Waals surface area contributed by atoms with Crippen molar-refractivity contribution in [2.45, 2.75) is 12.3 Å². The highest BCUT2D eigenvalue weighted by Crippen LogP contribution is 2.38. The van der Waals surface area contributed by atoms with E-state index in [0.717, 1.165) is 22.7 Å². The number of phenolic OH excluding ortho intramolecular Hbond substituents is 1. The molecule has 0 aliphatic carbocycles. The van der Waals surface area contributed by atoms with Crippen LogP contribution in [0.15, 0.2) is 54.9 Å². The lowest BCUT2D eigenvalue weighted by molar-refractivity contribution is -0.116. The van der Waals surface area contributed by atoms with Crippen LogP contribution in [0.4, 0.5) is 5.82 Å². The minimum Gasteiger partial charge on any atom is -0.508 e. The van der Waals surface area contributed by atoms with Crippen LogP contribution in [0.3, 0.4) is 0 Å². The van der Waals surface area contributed by atoms with Crippen molar-refractivity contribution in [1.82, 2.24) is 9.55 Å². The number of nitrogens with zero attached hydrogens (tertiary/aromatic N) is 2. The lowest BCUT2D eigenvalue weighted by Gasteiger charge is -2.25. The van der Waals surface area contributed by atoms with Gasteiger partial charge in [0.1, 0.15) is 17.8 Å². The number of aromatic nitrogens is 2. The molecule has 0 unspecified atom stereocenters. The normalized spacial score (nSPS) is 16.2. The molecule has 1 aromatic heterocycles. The number of imidazole rings is 1. The Balaban J connectivity index is 1.85. The fourth-order valence-electron chi connectivity index (χ4n) is 3.20. The predicted octanol–water partition coefficient (Wildman–Crippen LogP) is 3.06. The van der Waals surface area contributed by atoms with Gasteiger partial charge in [-0.2, -0.15) is 0 Å². The molecular formula is C19H17N3O3. The zero-order chi connectivity index (χ0) is 17.4. The average Bonchev–Trinajstić information content (AvgIpc) is 3.05. The summed E-state index contributed by atoms with van der Waals surface area (Å²) >= 11 is 0. The maximum Gasteiger partial charge on any atom is 0.226 e. The quantitative estimate of drug-likeness (QED) is 0.771. The molecule has 4 rings (SSSR count). The van der Waals surface area contributed by atoms with E-state index in [2.05, 4.69) is 10.3 Å². The molecule has 126 valence electrons. The first-order valence-corrected chi connectivity index (χ1v) is 7.96. The summed E-state index contributed by atoms with van der Waals surface area (Å²) in [5, 5.41) is 12.4. The summed E-state index contributed by atoms with van der Waals surface area (Å²) in [6.45, 7) is 0. The Morgan fingerprint density at radius 1 is 1.24 bits per heavy atom. The molecule has 2 aromatic carbocycles. The predicted molar refractivity (Wildman–Crippen MR) is 93.3 cm³/mol. The van der Waals surface area contributed by atoms with Crippen LogP contribution in [0.25, 0.3) is 5.69 Å². The van der Waals surface area contributed by atoms with Gasteiger partial charge in [0.25, 0.3) is 0 Å². The topological polar surface area (TPSA) is 76.4 Å². The number of carbonyl (C=O) groups is 1. The molecule has 0 fully saturated rings. The highest BCUT2D eigenvalue weighted by atomic mass is 16.5. The lowest BCUT2D eigenvalue weighted by Crippen LogP contribution is -2.25. The molecular weight excluding hydrogens is 318 g/mol. The fourth-order valence-corrected chi connectivity index (χ4v) is 3.20. The third kappa shape index (κ3) is 2.71. The van der Waals surface area contributed by atoms with Crippen molar-refractivity contribution in [2.24, 2.45) is 0 Å². The summed E-state index contributed by atoms with van der Waals surface area (Å²) in [5.74, 6) is 1.31. The van der Waals surface area contributed by atoms with Gasteiger partial charge in [-0.15, -0.1) is 0 Å². The van der Waals surface area contributed by atoms with Crippen LogP contribution in [-0.4, -0.2) is 27.7 Å². The number of anilines is 1. The van der Waals surface area contributed by atoms with Crippen LogP contribution in [0.5, 0.6) is 11.5 Å². The lowest BCUT2D eigenvalue weighted by atomic mass is 9.89. The van der Waals surface area contributed by atoms with Crippen molar-refractivity contribution < 1.29 is 14.6 Å². The minimum atomic E-state index is -0.141. The monoisotopic (exact) mass is 335 g/mol. The Bertz CT molecular complexity index is 931. The van der Waals surface area contributed by atoms with Crippen LogP contribution in [-0.2, 0) is 4.79 Å². The summed E-state index contributed by atoms with van der Waals surface area (Å²) in [5.41, 5.74) is 2.78. The summed E-state index contributed by atoms with van der Waals surface area (Å²) in [6.07, 6.45) is 2.03. The highest BCUT2D eigenvalue weighted by molar-refractivity contribution is 5.94. The maximum atomic E-state index is 12.1. The minimum absolute atomic E-state index is 0.0681. The Labute approximate surface area is 144 Å². The van der Waals surface area contributed by atoms with E-state index in [4.69, 9.17) is 4.74 Å². The molecule has 0 bridgehead atoms. The molecule has 1 aliphatic heterocycles. The molecule has 6 heteroatoms. The number of rotatable bonds is 3. The van der Waals surface area contributed by atoms with E-state index in [1.54, 1.807) is 25.6 Å². The first-order valence-electron chi connectivity index (χ1n) is 7.96. The third-order valence-electron chi connectivity index (χ3n) is 4.41. The van der Waals surface area contributed by atoms with Gasteiger partial charge in [0.05, 0.1) is 18.5 Å². The molecule has 0 spiro atoms. The third-order valence-corrected chi connectivity index (χ3v) is 4.41. The van der Waals surface area contributed by atoms with Crippen LogP contribution in [0.1, 0.15) is 23.6 Å². The van der Waals surface area contributed by atoms with E-state index >= 15 is 0 Å². The maximum absolute atomic E-state index is 12.1. The van der Waals surface area contributed by atoms with Gasteiger partial charge in [0, 0.05) is 18.4 Å². The number of aromatic hydroxyl groups is 1. The van der Waals surface area contributed by atoms with Gasteiger partial charge < -0.3 is 19.7 Å². The number of nitrogens with one attached hydrogen (secondary N) is 1. The first kappa shape index (κ1) is 15.3. The second-order valence-electron chi connectivity index (χ2n) is 5.95. The largest absolute Gasteiger partial charge is 0.508 e. The summed E-state index contributed by atoms with van der Waals surface area (Å²) in [7, 11) is 1.63. The average molecular weight is 335 g/mol. The van der Waals surface area contributed by atoms with Gasteiger partial charge in [-0.3, -0.25) is 4.79 Å². The zero-order valence-corrected chi connectivity index (χ0v) is 13.6. The number of amides is 1. The van der Waals surface area contributed by atoms with Crippen molar-refractivity contribution >= 4 is 11.7 Å². The summed E-state index contributed by atoms with van der Waals surface area (Å²) in [6, 6.07) is 14.6. The van der Waals surface area contributed by atoms with Crippen LogP contribution in [0.2, 0.25) is 0 Å². The summed E-state index contributed by atoms with van der Waals surface area (Å²) < 4.78 is 7.27. The number of hydrogen-bond donors (Lipinski definition) is 2. The number of hydrogen-bond acceptors (Lipinski definition) is 4. The first-order chi connectivity index (χ1) is 12.2. The van der Waals surface area contributed by atoms with Crippen molar-refractivity contribution in [3.63, 3.8) is 0 Å². The molecule has 0 radical (unpaired) electrons. The second-order valence-corrected chi connectivity index (χ2v) is 5.95. The van der Waals surface area contributed by atoms with Gasteiger partial charge in [0.2, 0.25) is 5.91 Å². The van der Waals surface area contributed by atoms with Gasteiger partial charge in [-0.05, 0) is 29.8 Å². The molecule has 1 aliphatic rings.